The second kappa shape index (κ2) is 5.60. The van der Waals surface area contributed by atoms with Gasteiger partial charge < -0.3 is 11.1 Å². The first-order valence-corrected chi connectivity index (χ1v) is 7.10. The molecule has 0 aromatic carbocycles. The van der Waals surface area contributed by atoms with E-state index in [0.29, 0.717) is 13.0 Å². The minimum Gasteiger partial charge on any atom is -0.352 e. The molecule has 0 heterocycles. The van der Waals surface area contributed by atoms with Gasteiger partial charge in [-0.3, -0.25) is 4.79 Å². The van der Waals surface area contributed by atoms with Gasteiger partial charge in [-0.15, -0.1) is 0 Å². The molecule has 4 N–H and O–H groups in total. The maximum absolute atomic E-state index is 11.5. The summed E-state index contributed by atoms with van der Waals surface area (Å²) in [5, 5.41) is 2.74. The summed E-state index contributed by atoms with van der Waals surface area (Å²) in [4.78, 5) is 11.5. The second-order valence-corrected chi connectivity index (χ2v) is 5.96. The Kier molecular flexibility index (Phi) is 4.69. The summed E-state index contributed by atoms with van der Waals surface area (Å²) in [5.41, 5.74) is 5.23. The molecule has 1 aliphatic carbocycles. The van der Waals surface area contributed by atoms with Crippen molar-refractivity contribution in [3.8, 4) is 0 Å². The molecule has 1 fully saturated rings. The van der Waals surface area contributed by atoms with Gasteiger partial charge in [0.15, 0.2) is 0 Å². The van der Waals surface area contributed by atoms with Gasteiger partial charge in [-0.1, -0.05) is 0 Å². The van der Waals surface area contributed by atoms with E-state index < -0.39 is 16.1 Å². The highest BCUT2D eigenvalue weighted by molar-refractivity contribution is 7.89. The van der Waals surface area contributed by atoms with Crippen molar-refractivity contribution < 1.29 is 13.2 Å². The standard InChI is InChI=1S/C9H19N3O3S/c1-7(9(13)11-8-3-4-8)12-16(14,15)6-2-5-10/h7-8,12H,2-6,10H2,1H3,(H,11,13). The highest BCUT2D eigenvalue weighted by Gasteiger charge is 2.27. The van der Waals surface area contributed by atoms with Crippen molar-refractivity contribution in [1.82, 2.24) is 10.0 Å². The molecule has 16 heavy (non-hydrogen) atoms. The number of carbonyl (C=O) groups excluding carboxylic acids is 1. The number of hydrogen-bond donors (Lipinski definition) is 3. The van der Waals surface area contributed by atoms with Gasteiger partial charge in [0.05, 0.1) is 11.8 Å². The summed E-state index contributed by atoms with van der Waals surface area (Å²) in [5.74, 6) is -0.302. The van der Waals surface area contributed by atoms with E-state index in [9.17, 15) is 13.2 Å². The number of amides is 1. The molecule has 6 nitrogen and oxygen atoms in total. The molecule has 0 aromatic rings. The molecule has 1 aliphatic rings. The largest absolute Gasteiger partial charge is 0.352 e. The molecule has 1 atom stereocenters. The van der Waals surface area contributed by atoms with Crippen molar-refractivity contribution in [2.24, 2.45) is 5.73 Å². The Labute approximate surface area is 96.0 Å². The number of nitrogens with one attached hydrogen (secondary N) is 2. The van der Waals surface area contributed by atoms with E-state index in [1.807, 2.05) is 0 Å². The van der Waals surface area contributed by atoms with E-state index in [2.05, 4.69) is 10.0 Å². The second-order valence-electron chi connectivity index (χ2n) is 4.08. The van der Waals surface area contributed by atoms with Gasteiger partial charge in [0.25, 0.3) is 0 Å². The molecule has 1 rings (SSSR count). The predicted octanol–water partition coefficient (Wildman–Crippen LogP) is -1.08. The molecule has 1 amide bonds. The van der Waals surface area contributed by atoms with E-state index >= 15 is 0 Å². The van der Waals surface area contributed by atoms with Crippen LogP contribution in [-0.4, -0.2) is 38.7 Å². The Bertz CT molecular complexity index is 338. The summed E-state index contributed by atoms with van der Waals surface area (Å²) in [6.07, 6.45) is 2.36. The highest BCUT2D eigenvalue weighted by Crippen LogP contribution is 2.18. The topological polar surface area (TPSA) is 101 Å². The Morgan fingerprint density at radius 1 is 1.50 bits per heavy atom. The van der Waals surface area contributed by atoms with Crippen LogP contribution < -0.4 is 15.8 Å². The quantitative estimate of drug-likeness (QED) is 0.534. The summed E-state index contributed by atoms with van der Waals surface area (Å²) >= 11 is 0. The SMILES string of the molecule is CC(NS(=O)(=O)CCCN)C(=O)NC1CC1. The van der Waals surface area contributed by atoms with Crippen molar-refractivity contribution >= 4 is 15.9 Å². The van der Waals surface area contributed by atoms with Gasteiger partial charge in [0.2, 0.25) is 15.9 Å². The third-order valence-electron chi connectivity index (χ3n) is 2.29. The molecule has 7 heteroatoms. The number of hydrogen-bond acceptors (Lipinski definition) is 4. The van der Waals surface area contributed by atoms with Gasteiger partial charge in [0.1, 0.15) is 0 Å². The summed E-state index contributed by atoms with van der Waals surface area (Å²) in [6, 6.07) is -0.480. The number of rotatable bonds is 7. The van der Waals surface area contributed by atoms with Gasteiger partial charge in [-0.2, -0.15) is 0 Å². The fraction of sp³-hybridized carbons (Fsp3) is 0.889. The zero-order chi connectivity index (χ0) is 12.2. The maximum atomic E-state index is 11.5. The third-order valence-corrected chi connectivity index (χ3v) is 3.83. The summed E-state index contributed by atoms with van der Waals surface area (Å²) in [6.45, 7) is 1.86. The van der Waals surface area contributed by atoms with Crippen molar-refractivity contribution in [1.29, 1.82) is 0 Å². The fourth-order valence-electron chi connectivity index (χ4n) is 1.21. The van der Waals surface area contributed by atoms with Crippen LogP contribution in [0.5, 0.6) is 0 Å². The van der Waals surface area contributed by atoms with Gasteiger partial charge in [0, 0.05) is 6.04 Å². The minimum atomic E-state index is -3.39. The minimum absolute atomic E-state index is 0.0372. The first-order chi connectivity index (χ1) is 7.44. The molecular weight excluding hydrogens is 230 g/mol. The molecule has 0 saturated heterocycles. The van der Waals surface area contributed by atoms with Crippen LogP contribution in [-0.2, 0) is 14.8 Å². The smallest absolute Gasteiger partial charge is 0.238 e. The first kappa shape index (κ1) is 13.4. The lowest BCUT2D eigenvalue weighted by atomic mass is 10.3. The third kappa shape index (κ3) is 4.91. The van der Waals surface area contributed by atoms with Crippen LogP contribution in [0.4, 0.5) is 0 Å². The Hall–Kier alpha value is -0.660. The monoisotopic (exact) mass is 249 g/mol. The average Bonchev–Trinajstić information content (AvgIpc) is 2.98. The van der Waals surface area contributed by atoms with Gasteiger partial charge in [-0.25, -0.2) is 13.1 Å². The first-order valence-electron chi connectivity index (χ1n) is 5.45. The van der Waals surface area contributed by atoms with E-state index in [0.717, 1.165) is 12.8 Å². The van der Waals surface area contributed by atoms with Crippen molar-refractivity contribution in [2.75, 3.05) is 12.3 Å². The molecule has 0 spiro atoms. The zero-order valence-corrected chi connectivity index (χ0v) is 10.2. The van der Waals surface area contributed by atoms with Crippen LogP contribution >= 0.6 is 0 Å². The lowest BCUT2D eigenvalue weighted by molar-refractivity contribution is -0.122. The number of nitrogens with two attached hydrogens (primary N) is 1. The van der Waals surface area contributed by atoms with Crippen molar-refractivity contribution in [3.63, 3.8) is 0 Å². The van der Waals surface area contributed by atoms with Crippen molar-refractivity contribution in [3.05, 3.63) is 0 Å². The maximum Gasteiger partial charge on any atom is 0.238 e. The van der Waals surface area contributed by atoms with Crippen LogP contribution in [0.15, 0.2) is 0 Å². The zero-order valence-electron chi connectivity index (χ0n) is 9.40. The summed E-state index contributed by atoms with van der Waals surface area (Å²) in [7, 11) is -3.39. The van der Waals surface area contributed by atoms with E-state index in [4.69, 9.17) is 5.73 Å². The predicted molar refractivity (Wildman–Crippen MR) is 61.2 cm³/mol. The van der Waals surface area contributed by atoms with Crippen LogP contribution in [0.1, 0.15) is 26.2 Å². The van der Waals surface area contributed by atoms with E-state index in [-0.39, 0.29) is 17.7 Å². The number of sulfonamides is 1. The molecular formula is C9H19N3O3S. The molecule has 1 saturated carbocycles. The molecule has 0 radical (unpaired) electrons. The van der Waals surface area contributed by atoms with Crippen molar-refractivity contribution in [2.45, 2.75) is 38.3 Å². The molecule has 94 valence electrons. The average molecular weight is 249 g/mol. The number of carbonyl (C=O) groups is 1. The molecule has 0 aromatic heterocycles. The van der Waals surface area contributed by atoms with Gasteiger partial charge in [-0.05, 0) is 32.7 Å². The Morgan fingerprint density at radius 3 is 2.62 bits per heavy atom. The van der Waals surface area contributed by atoms with E-state index in [1.54, 1.807) is 0 Å². The lowest BCUT2D eigenvalue weighted by Crippen LogP contribution is -2.46. The highest BCUT2D eigenvalue weighted by atomic mass is 32.2. The van der Waals surface area contributed by atoms with Crippen LogP contribution in [0.3, 0.4) is 0 Å². The van der Waals surface area contributed by atoms with E-state index in [1.165, 1.54) is 6.92 Å². The van der Waals surface area contributed by atoms with Crippen LogP contribution in [0, 0.1) is 0 Å². The van der Waals surface area contributed by atoms with Crippen LogP contribution in [0.2, 0.25) is 0 Å². The Morgan fingerprint density at radius 2 is 2.12 bits per heavy atom. The molecule has 1 unspecified atom stereocenters. The normalized spacial score (nSPS) is 18.1. The lowest BCUT2D eigenvalue weighted by Gasteiger charge is -2.13. The fourth-order valence-corrected chi connectivity index (χ4v) is 2.52. The Balaban J connectivity index is 2.35. The van der Waals surface area contributed by atoms with Gasteiger partial charge >= 0.3 is 0 Å². The van der Waals surface area contributed by atoms with Crippen LogP contribution in [0.25, 0.3) is 0 Å². The molecule has 0 bridgehead atoms. The summed E-state index contributed by atoms with van der Waals surface area (Å²) < 4.78 is 25.2. The molecule has 0 aliphatic heterocycles.